The Labute approximate surface area is 152 Å². The van der Waals surface area contributed by atoms with Crippen molar-refractivity contribution in [1.82, 2.24) is 0 Å². The third-order valence-corrected chi connectivity index (χ3v) is 2.66. The molecule has 129 valence electrons. The molecule has 0 aliphatic heterocycles. The van der Waals surface area contributed by atoms with Gasteiger partial charge in [-0.15, -0.1) is 0 Å². The largest absolute Gasteiger partial charge is 0.477 e. The minimum atomic E-state index is -3.58. The van der Waals surface area contributed by atoms with Crippen LogP contribution < -0.4 is 0 Å². The maximum atomic E-state index is 12.3. The molecule has 1 fully saturated rings. The molecule has 0 unspecified atom stereocenters. The molecule has 0 aromatic carbocycles. The van der Waals surface area contributed by atoms with Crippen LogP contribution in [0.4, 0.5) is 17.6 Å². The van der Waals surface area contributed by atoms with Gasteiger partial charge in [-0.3, -0.25) is 0 Å². The molecule has 0 aromatic heterocycles. The number of carboxylic acids is 1. The van der Waals surface area contributed by atoms with Crippen molar-refractivity contribution < 1.29 is 69.7 Å². The van der Waals surface area contributed by atoms with E-state index in [9.17, 15) is 27.2 Å². The minimum Gasteiger partial charge on any atom is -0.477 e. The fourth-order valence-corrected chi connectivity index (χ4v) is 1.50. The number of carbonyl (C=O) groups excluding carboxylic acids is 1. The van der Waals surface area contributed by atoms with Gasteiger partial charge in [0.25, 0.3) is 0 Å². The number of alkyl halides is 4. The van der Waals surface area contributed by atoms with E-state index in [4.69, 9.17) is 5.11 Å². The summed E-state index contributed by atoms with van der Waals surface area (Å²) in [6.07, 6.45) is 4.21. The molecule has 0 amide bonds. The summed E-state index contributed by atoms with van der Waals surface area (Å²) in [4.78, 5) is 19.9. The second-order valence-electron chi connectivity index (χ2n) is 4.83. The van der Waals surface area contributed by atoms with E-state index in [2.05, 4.69) is 4.74 Å². The molecule has 1 radical (unpaired) electrons. The fourth-order valence-electron chi connectivity index (χ4n) is 1.50. The Morgan fingerprint density at radius 2 is 1.45 bits per heavy atom. The van der Waals surface area contributed by atoms with Crippen LogP contribution in [0.3, 0.4) is 0 Å². The first-order chi connectivity index (χ1) is 8.94. The number of ether oxygens (including phenoxy) is 1. The van der Waals surface area contributed by atoms with Crippen molar-refractivity contribution in [3.63, 3.8) is 0 Å². The smallest absolute Gasteiger partial charge is 0.376 e. The van der Waals surface area contributed by atoms with Crippen LogP contribution >= 0.6 is 0 Å². The van der Waals surface area contributed by atoms with Gasteiger partial charge in [-0.1, -0.05) is 12.8 Å². The Morgan fingerprint density at radius 1 is 1.09 bits per heavy atom. The molecule has 0 aromatic rings. The monoisotopic (exact) mass is 406 g/mol. The number of hydrogen-bond donors (Lipinski definition) is 1. The van der Waals surface area contributed by atoms with Gasteiger partial charge < -0.3 is 17.3 Å². The normalized spacial score (nSPS) is 14.8. The number of rotatable bonds is 4. The summed E-state index contributed by atoms with van der Waals surface area (Å²) in [6.45, 7) is 1.04. The molecule has 1 N–H and O–H groups in total. The van der Waals surface area contributed by atoms with E-state index in [1.54, 1.807) is 0 Å². The maximum Gasteiger partial charge on any atom is 0.376 e. The zero-order valence-electron chi connectivity index (χ0n) is 12.9. The van der Waals surface area contributed by atoms with E-state index in [1.807, 2.05) is 0 Å². The van der Waals surface area contributed by atoms with E-state index < -0.39 is 23.8 Å². The molecule has 0 atom stereocenters. The van der Waals surface area contributed by atoms with Crippen LogP contribution in [0.2, 0.25) is 0 Å². The summed E-state index contributed by atoms with van der Waals surface area (Å²) in [7, 11) is 0. The van der Waals surface area contributed by atoms with Crippen LogP contribution in [-0.4, -0.2) is 35.5 Å². The number of carboxylic acid groups (broad SMARTS) is 1. The molecule has 1 rings (SSSR count). The molecule has 9 heteroatoms. The molecular weight excluding hydrogens is 385 g/mol. The molecule has 22 heavy (non-hydrogen) atoms. The van der Waals surface area contributed by atoms with Crippen molar-refractivity contribution in [3.8, 4) is 0 Å². The van der Waals surface area contributed by atoms with E-state index in [0.717, 1.165) is 25.7 Å². The first kappa shape index (κ1) is 26.7. The molecule has 4 nitrogen and oxygen atoms in total. The molecule has 0 heterocycles. The predicted octanol–water partition coefficient (Wildman–Crippen LogP) is 3.55. The maximum absolute atomic E-state index is 12.3. The third kappa shape index (κ3) is 12.3. The standard InChI is InChI=1S/C9H14F2O2.C3H4F2O2.CH3.Y/c1-9(10,11)8(12)13-6-7-4-2-3-5-7;1-3(4,5)2(6)7;;/h7H,2-6H2,1H3;1H3,(H,6,7);1H3;/q;;-1;. The summed E-state index contributed by atoms with van der Waals surface area (Å²) in [5.74, 6) is -10.1. The second-order valence-corrected chi connectivity index (χ2v) is 4.83. The Hall–Kier alpha value is -0.236. The SMILES string of the molecule is CC(F)(F)C(=O)O.CC(F)(F)C(=O)OCC1CCCC1.[CH3-].[Y]. The van der Waals surface area contributed by atoms with Crippen LogP contribution in [0.1, 0.15) is 39.5 Å². The molecular formula is C13H21F4O4Y-. The van der Waals surface area contributed by atoms with E-state index in [1.165, 1.54) is 0 Å². The Bertz CT molecular complexity index is 334. The Kier molecular flexibility index (Phi) is 13.7. The van der Waals surface area contributed by atoms with Crippen LogP contribution in [0.15, 0.2) is 0 Å². The number of carbonyl (C=O) groups is 2. The Morgan fingerprint density at radius 3 is 1.73 bits per heavy atom. The summed E-state index contributed by atoms with van der Waals surface area (Å²) in [5.41, 5.74) is 0. The first-order valence-corrected chi connectivity index (χ1v) is 6.11. The summed E-state index contributed by atoms with van der Waals surface area (Å²) < 4.78 is 51.6. The quantitative estimate of drug-likeness (QED) is 0.441. The fraction of sp³-hybridized carbons (Fsp3) is 0.769. The van der Waals surface area contributed by atoms with Crippen molar-refractivity contribution in [2.24, 2.45) is 5.92 Å². The average molecular weight is 406 g/mol. The van der Waals surface area contributed by atoms with Gasteiger partial charge in [0.1, 0.15) is 0 Å². The molecule has 0 bridgehead atoms. The van der Waals surface area contributed by atoms with Gasteiger partial charge in [0.15, 0.2) is 0 Å². The number of aliphatic carboxylic acids is 1. The predicted molar refractivity (Wildman–Crippen MR) is 68.2 cm³/mol. The van der Waals surface area contributed by atoms with Crippen molar-refractivity contribution in [1.29, 1.82) is 0 Å². The summed E-state index contributed by atoms with van der Waals surface area (Å²) in [5, 5.41) is 7.50. The third-order valence-electron chi connectivity index (χ3n) is 2.66. The first-order valence-electron chi connectivity index (χ1n) is 6.11. The Balaban J connectivity index is -0.000000350. The van der Waals surface area contributed by atoms with Crippen LogP contribution in [-0.2, 0) is 47.0 Å². The van der Waals surface area contributed by atoms with E-state index >= 15 is 0 Å². The average Bonchev–Trinajstić information content (AvgIpc) is 2.76. The molecule has 1 saturated carbocycles. The van der Waals surface area contributed by atoms with Crippen LogP contribution in [0.25, 0.3) is 0 Å². The van der Waals surface area contributed by atoms with Gasteiger partial charge >= 0.3 is 23.8 Å². The minimum absolute atomic E-state index is 0. The topological polar surface area (TPSA) is 63.6 Å². The van der Waals surface area contributed by atoms with Crippen LogP contribution in [0, 0.1) is 13.3 Å². The summed E-state index contributed by atoms with van der Waals surface area (Å²) >= 11 is 0. The van der Waals surface area contributed by atoms with Crippen LogP contribution in [0.5, 0.6) is 0 Å². The van der Waals surface area contributed by atoms with Crippen molar-refractivity contribution in [2.45, 2.75) is 51.4 Å². The molecule has 0 spiro atoms. The second kappa shape index (κ2) is 11.3. The van der Waals surface area contributed by atoms with E-state index in [-0.39, 0.29) is 46.7 Å². The van der Waals surface area contributed by atoms with Gasteiger partial charge in [-0.05, 0) is 18.8 Å². The van der Waals surface area contributed by atoms with Gasteiger partial charge in [0, 0.05) is 46.6 Å². The van der Waals surface area contributed by atoms with Gasteiger partial charge in [-0.2, -0.15) is 17.6 Å². The van der Waals surface area contributed by atoms with E-state index in [0.29, 0.717) is 19.8 Å². The van der Waals surface area contributed by atoms with Gasteiger partial charge in [0.05, 0.1) is 6.61 Å². The van der Waals surface area contributed by atoms with Crippen molar-refractivity contribution >= 4 is 11.9 Å². The van der Waals surface area contributed by atoms with Crippen molar-refractivity contribution in [3.05, 3.63) is 7.43 Å². The zero-order chi connectivity index (χ0) is 16.0. The summed E-state index contributed by atoms with van der Waals surface area (Å²) in [6, 6.07) is 0. The number of hydrogen-bond acceptors (Lipinski definition) is 3. The molecule has 0 saturated heterocycles. The van der Waals surface area contributed by atoms with Crippen molar-refractivity contribution in [2.75, 3.05) is 6.61 Å². The number of esters is 1. The van der Waals surface area contributed by atoms with Gasteiger partial charge in [0.2, 0.25) is 0 Å². The molecule has 1 aliphatic carbocycles. The zero-order valence-corrected chi connectivity index (χ0v) is 15.7. The number of halogens is 4. The van der Waals surface area contributed by atoms with Gasteiger partial charge in [-0.25, -0.2) is 9.59 Å². The molecule has 1 aliphatic rings.